The highest BCUT2D eigenvalue weighted by molar-refractivity contribution is 6.42. The summed E-state index contributed by atoms with van der Waals surface area (Å²) in [6.07, 6.45) is -0.424. The molecule has 1 aromatic carbocycles. The number of rotatable bonds is 3. The molecule has 0 bridgehead atoms. The Balaban J connectivity index is 3.14. The first kappa shape index (κ1) is 12.3. The Morgan fingerprint density at radius 3 is 2.60 bits per heavy atom. The van der Waals surface area contributed by atoms with Gasteiger partial charge < -0.3 is 10.2 Å². The second-order valence-corrected chi connectivity index (χ2v) is 4.23. The van der Waals surface area contributed by atoms with Crippen molar-refractivity contribution in [2.24, 2.45) is 0 Å². The van der Waals surface area contributed by atoms with Gasteiger partial charge in [0, 0.05) is 5.56 Å². The molecule has 0 aliphatic rings. The molecule has 0 aromatic heterocycles. The van der Waals surface area contributed by atoms with Gasteiger partial charge in [0.2, 0.25) is 0 Å². The minimum absolute atomic E-state index is 0.186. The lowest BCUT2D eigenvalue weighted by Crippen LogP contribution is -2.25. The van der Waals surface area contributed by atoms with E-state index in [-0.39, 0.29) is 5.02 Å². The zero-order valence-electron chi connectivity index (χ0n) is 8.00. The summed E-state index contributed by atoms with van der Waals surface area (Å²) in [5.41, 5.74) is -1.20. The fourth-order valence-electron chi connectivity index (χ4n) is 1.31. The molecule has 82 valence electrons. The average Bonchev–Trinajstić information content (AvgIpc) is 2.07. The molecule has 2 N–H and O–H groups in total. The summed E-state index contributed by atoms with van der Waals surface area (Å²) in [5.74, 6) is -1.10. The van der Waals surface area contributed by atoms with Crippen LogP contribution >= 0.6 is 23.2 Å². The Bertz CT molecular complexity index is 388. The van der Waals surface area contributed by atoms with E-state index >= 15 is 0 Å². The number of hydrogen-bond acceptors (Lipinski definition) is 2. The first-order valence-electron chi connectivity index (χ1n) is 4.23. The Morgan fingerprint density at radius 2 is 2.07 bits per heavy atom. The van der Waals surface area contributed by atoms with Gasteiger partial charge in [-0.05, 0) is 13.0 Å². The predicted octanol–water partition coefficient (Wildman–Crippen LogP) is 2.68. The maximum atomic E-state index is 10.5. The molecule has 0 saturated carbocycles. The highest BCUT2D eigenvalue weighted by Gasteiger charge is 2.29. The minimum atomic E-state index is -1.52. The van der Waals surface area contributed by atoms with Crippen molar-refractivity contribution >= 4 is 29.2 Å². The lowest BCUT2D eigenvalue weighted by Gasteiger charge is -2.23. The van der Waals surface area contributed by atoms with Crippen LogP contribution in [0.5, 0.6) is 0 Å². The van der Waals surface area contributed by atoms with E-state index in [2.05, 4.69) is 0 Å². The number of halogens is 2. The largest absolute Gasteiger partial charge is 0.481 e. The first-order valence-corrected chi connectivity index (χ1v) is 4.99. The predicted molar refractivity (Wildman–Crippen MR) is 58.3 cm³/mol. The van der Waals surface area contributed by atoms with Crippen molar-refractivity contribution < 1.29 is 15.0 Å². The molecule has 0 aliphatic heterocycles. The summed E-state index contributed by atoms with van der Waals surface area (Å²) in [5, 5.41) is 19.0. The molecule has 15 heavy (non-hydrogen) atoms. The monoisotopic (exact) mass is 248 g/mol. The first-order chi connectivity index (χ1) is 6.84. The van der Waals surface area contributed by atoms with Crippen LogP contribution in [0.4, 0.5) is 0 Å². The van der Waals surface area contributed by atoms with Gasteiger partial charge in [-0.25, -0.2) is 0 Å². The summed E-state index contributed by atoms with van der Waals surface area (Å²) in [7, 11) is 0. The number of benzene rings is 1. The maximum absolute atomic E-state index is 10.5. The highest BCUT2D eigenvalue weighted by atomic mass is 35.5. The lowest BCUT2D eigenvalue weighted by molar-refractivity contribution is -0.142. The van der Waals surface area contributed by atoms with Crippen LogP contribution in [0.3, 0.4) is 0 Å². The van der Waals surface area contributed by atoms with Crippen molar-refractivity contribution in [3.8, 4) is 0 Å². The van der Waals surface area contributed by atoms with Crippen LogP contribution in [0.15, 0.2) is 18.2 Å². The molecular formula is C10H10Cl2O3. The summed E-state index contributed by atoms with van der Waals surface area (Å²) < 4.78 is 0. The van der Waals surface area contributed by atoms with Gasteiger partial charge in [-0.2, -0.15) is 0 Å². The quantitative estimate of drug-likeness (QED) is 0.865. The Morgan fingerprint density at radius 1 is 1.47 bits per heavy atom. The molecule has 0 spiro atoms. The summed E-state index contributed by atoms with van der Waals surface area (Å²) in [6, 6.07) is 4.74. The highest BCUT2D eigenvalue weighted by Crippen LogP contribution is 2.34. The van der Waals surface area contributed by atoms with E-state index in [1.165, 1.54) is 6.92 Å². The third kappa shape index (κ3) is 2.84. The topological polar surface area (TPSA) is 57.5 Å². The van der Waals surface area contributed by atoms with Crippen LogP contribution < -0.4 is 0 Å². The van der Waals surface area contributed by atoms with E-state index < -0.39 is 18.0 Å². The fraction of sp³-hybridized carbons (Fsp3) is 0.300. The molecule has 0 amide bonds. The molecule has 1 aromatic rings. The lowest BCUT2D eigenvalue weighted by atomic mass is 9.92. The van der Waals surface area contributed by atoms with E-state index in [0.717, 1.165) is 0 Å². The smallest absolute Gasteiger partial charge is 0.306 e. The number of hydrogen-bond donors (Lipinski definition) is 2. The standard InChI is InChI=1S/C10H10Cl2O3/c1-10(15,5-8(13)14)6-3-2-4-7(11)9(6)12/h2-4,15H,5H2,1H3,(H,13,14). The van der Waals surface area contributed by atoms with E-state index in [1.54, 1.807) is 18.2 Å². The number of aliphatic carboxylic acids is 1. The van der Waals surface area contributed by atoms with Crippen molar-refractivity contribution in [2.75, 3.05) is 0 Å². The van der Waals surface area contributed by atoms with E-state index in [4.69, 9.17) is 28.3 Å². The van der Waals surface area contributed by atoms with Crippen LogP contribution in [0.25, 0.3) is 0 Å². The van der Waals surface area contributed by atoms with E-state index in [9.17, 15) is 9.90 Å². The Kier molecular flexibility index (Phi) is 3.60. The number of carboxylic acids is 1. The SMILES string of the molecule is CC(O)(CC(=O)O)c1cccc(Cl)c1Cl. The second-order valence-electron chi connectivity index (χ2n) is 3.45. The third-order valence-corrected chi connectivity index (χ3v) is 2.85. The van der Waals surface area contributed by atoms with Gasteiger partial charge in [0.15, 0.2) is 0 Å². The minimum Gasteiger partial charge on any atom is -0.481 e. The normalized spacial score (nSPS) is 14.7. The summed E-state index contributed by atoms with van der Waals surface area (Å²) in [6.45, 7) is 1.39. The van der Waals surface area contributed by atoms with Crippen molar-refractivity contribution in [3.63, 3.8) is 0 Å². The number of carboxylic acid groups (broad SMARTS) is 1. The zero-order chi connectivity index (χ0) is 11.6. The van der Waals surface area contributed by atoms with E-state index in [1.807, 2.05) is 0 Å². The summed E-state index contributed by atoms with van der Waals surface area (Å²) in [4.78, 5) is 10.5. The number of carbonyl (C=O) groups is 1. The van der Waals surface area contributed by atoms with E-state index in [0.29, 0.717) is 10.6 Å². The van der Waals surface area contributed by atoms with Crippen LogP contribution in [-0.4, -0.2) is 16.2 Å². The van der Waals surface area contributed by atoms with Crippen molar-refractivity contribution in [3.05, 3.63) is 33.8 Å². The average molecular weight is 249 g/mol. The second kappa shape index (κ2) is 4.39. The van der Waals surface area contributed by atoms with Crippen LogP contribution in [0, 0.1) is 0 Å². The molecular weight excluding hydrogens is 239 g/mol. The Labute approximate surface area is 97.2 Å². The van der Waals surface area contributed by atoms with Gasteiger partial charge in [0.25, 0.3) is 0 Å². The molecule has 0 saturated heterocycles. The van der Waals surface area contributed by atoms with Gasteiger partial charge in [0.05, 0.1) is 22.1 Å². The summed E-state index contributed by atoms with van der Waals surface area (Å²) >= 11 is 11.6. The zero-order valence-corrected chi connectivity index (χ0v) is 9.51. The number of aliphatic hydroxyl groups is 1. The molecule has 0 fully saturated rings. The van der Waals surface area contributed by atoms with Gasteiger partial charge >= 0.3 is 5.97 Å². The molecule has 0 aliphatic carbocycles. The van der Waals surface area contributed by atoms with Crippen molar-refractivity contribution in [1.29, 1.82) is 0 Å². The van der Waals surface area contributed by atoms with Gasteiger partial charge in [-0.3, -0.25) is 4.79 Å². The molecule has 3 nitrogen and oxygen atoms in total. The van der Waals surface area contributed by atoms with Gasteiger partial charge in [-0.15, -0.1) is 0 Å². The van der Waals surface area contributed by atoms with Crippen LogP contribution in [0.1, 0.15) is 18.9 Å². The van der Waals surface area contributed by atoms with Gasteiger partial charge in [0.1, 0.15) is 0 Å². The molecule has 1 atom stereocenters. The molecule has 0 heterocycles. The Hall–Kier alpha value is -0.770. The van der Waals surface area contributed by atoms with Crippen LogP contribution in [0.2, 0.25) is 10.0 Å². The molecule has 1 rings (SSSR count). The maximum Gasteiger partial charge on any atom is 0.306 e. The fourth-order valence-corrected chi connectivity index (χ4v) is 1.81. The molecule has 5 heteroatoms. The van der Waals surface area contributed by atoms with Crippen molar-refractivity contribution in [2.45, 2.75) is 18.9 Å². The molecule has 0 radical (unpaired) electrons. The third-order valence-electron chi connectivity index (χ3n) is 2.03. The van der Waals surface area contributed by atoms with Crippen molar-refractivity contribution in [1.82, 2.24) is 0 Å². The molecule has 1 unspecified atom stereocenters. The van der Waals surface area contributed by atoms with Crippen LogP contribution in [-0.2, 0) is 10.4 Å². The van der Waals surface area contributed by atoms with Gasteiger partial charge in [-0.1, -0.05) is 35.3 Å².